The zero-order valence-electron chi connectivity index (χ0n) is 15.1. The van der Waals surface area contributed by atoms with E-state index in [4.69, 9.17) is 0 Å². The van der Waals surface area contributed by atoms with E-state index in [0.717, 1.165) is 28.3 Å². The number of imidazole rings is 1. The van der Waals surface area contributed by atoms with E-state index in [1.54, 1.807) is 4.40 Å². The number of carbonyl (C=O) groups excluding carboxylic acids is 1. The second-order valence-corrected chi connectivity index (χ2v) is 6.88. The van der Waals surface area contributed by atoms with Crippen molar-refractivity contribution in [3.05, 3.63) is 76.3 Å². The minimum Gasteiger partial charge on any atom is -0.315 e. The van der Waals surface area contributed by atoms with Crippen molar-refractivity contribution >= 4 is 22.9 Å². The molecule has 7 heteroatoms. The first kappa shape index (κ1) is 17.2. The van der Waals surface area contributed by atoms with Crippen molar-refractivity contribution in [2.45, 2.75) is 20.4 Å². The lowest BCUT2D eigenvalue weighted by atomic mass is 10.2. The molecule has 1 amide bonds. The number of carbonyl (C=O) groups is 1. The van der Waals surface area contributed by atoms with Crippen LogP contribution in [0.2, 0.25) is 0 Å². The van der Waals surface area contributed by atoms with Gasteiger partial charge in [-0.3, -0.25) is 9.20 Å². The average Bonchev–Trinajstić information content (AvgIpc) is 3.26. The standard InChI is InChI=1S/C20H19N5OS/c1-3-24-16(15-9-5-4-6-10-15)13-27-20(24)23-22-19(26)18-14(2)21-17-11-7-8-12-25(17)18/h4-13H,3H2,1-2H3,(H,22,26)/b23-20-. The summed E-state index contributed by atoms with van der Waals surface area (Å²) < 4.78 is 3.86. The predicted octanol–water partition coefficient (Wildman–Crippen LogP) is 3.44. The Kier molecular flexibility index (Phi) is 4.60. The van der Waals surface area contributed by atoms with Gasteiger partial charge in [-0.1, -0.05) is 36.4 Å². The highest BCUT2D eigenvalue weighted by atomic mass is 32.1. The summed E-state index contributed by atoms with van der Waals surface area (Å²) in [7, 11) is 0. The van der Waals surface area contributed by atoms with Crippen LogP contribution >= 0.6 is 11.3 Å². The maximum Gasteiger partial charge on any atom is 0.290 e. The molecule has 1 N–H and O–H groups in total. The number of nitrogens with zero attached hydrogens (tertiary/aromatic N) is 4. The fourth-order valence-electron chi connectivity index (χ4n) is 3.10. The van der Waals surface area contributed by atoms with Crippen molar-refractivity contribution in [2.75, 3.05) is 0 Å². The van der Waals surface area contributed by atoms with Gasteiger partial charge in [0.05, 0.1) is 11.4 Å². The zero-order valence-corrected chi connectivity index (χ0v) is 15.9. The number of aryl methyl sites for hydroxylation is 1. The second kappa shape index (κ2) is 7.20. The van der Waals surface area contributed by atoms with Crippen LogP contribution in [-0.2, 0) is 6.54 Å². The number of aromatic nitrogens is 3. The molecule has 0 saturated carbocycles. The van der Waals surface area contributed by atoms with Crippen LogP contribution in [0.3, 0.4) is 0 Å². The Morgan fingerprint density at radius 3 is 2.74 bits per heavy atom. The predicted molar refractivity (Wildman–Crippen MR) is 106 cm³/mol. The molecule has 1 aromatic carbocycles. The number of hydrogen-bond donors (Lipinski definition) is 1. The molecular weight excluding hydrogens is 358 g/mol. The molecule has 0 unspecified atom stereocenters. The second-order valence-electron chi connectivity index (χ2n) is 6.04. The molecule has 0 aliphatic heterocycles. The van der Waals surface area contributed by atoms with E-state index in [1.165, 1.54) is 11.3 Å². The molecule has 136 valence electrons. The van der Waals surface area contributed by atoms with Crippen LogP contribution in [-0.4, -0.2) is 19.9 Å². The maximum absolute atomic E-state index is 12.7. The number of benzene rings is 1. The number of thiazole rings is 1. The summed E-state index contributed by atoms with van der Waals surface area (Å²) >= 11 is 1.50. The number of pyridine rings is 1. The van der Waals surface area contributed by atoms with Crippen LogP contribution in [0.1, 0.15) is 23.1 Å². The first-order chi connectivity index (χ1) is 13.2. The molecule has 0 fully saturated rings. The SMILES string of the molecule is CCn1c(-c2ccccc2)cs/c1=N\NC(=O)c1c(C)nc2ccccn12. The van der Waals surface area contributed by atoms with Crippen LogP contribution in [0, 0.1) is 6.92 Å². The molecule has 0 bridgehead atoms. The molecule has 3 heterocycles. The number of hydrogen-bond acceptors (Lipinski definition) is 4. The Balaban J connectivity index is 1.68. The van der Waals surface area contributed by atoms with Crippen LogP contribution in [0.25, 0.3) is 16.9 Å². The monoisotopic (exact) mass is 377 g/mol. The highest BCUT2D eigenvalue weighted by Gasteiger charge is 2.16. The van der Waals surface area contributed by atoms with Gasteiger partial charge < -0.3 is 4.57 Å². The van der Waals surface area contributed by atoms with Gasteiger partial charge >= 0.3 is 0 Å². The van der Waals surface area contributed by atoms with E-state index in [9.17, 15) is 4.79 Å². The molecule has 27 heavy (non-hydrogen) atoms. The Morgan fingerprint density at radius 2 is 1.96 bits per heavy atom. The van der Waals surface area contributed by atoms with Gasteiger partial charge in [-0.15, -0.1) is 16.4 Å². The first-order valence-electron chi connectivity index (χ1n) is 8.70. The van der Waals surface area contributed by atoms with E-state index in [2.05, 4.69) is 44.5 Å². The third kappa shape index (κ3) is 3.17. The molecule has 0 spiro atoms. The van der Waals surface area contributed by atoms with Crippen molar-refractivity contribution in [1.82, 2.24) is 19.4 Å². The highest BCUT2D eigenvalue weighted by Crippen LogP contribution is 2.19. The van der Waals surface area contributed by atoms with Crippen LogP contribution in [0.4, 0.5) is 0 Å². The lowest BCUT2D eigenvalue weighted by molar-refractivity contribution is 0.0946. The van der Waals surface area contributed by atoms with Crippen molar-refractivity contribution in [3.8, 4) is 11.3 Å². The molecular formula is C20H19N5OS. The zero-order chi connectivity index (χ0) is 18.8. The fraction of sp³-hybridized carbons (Fsp3) is 0.150. The van der Waals surface area contributed by atoms with Gasteiger partial charge in [0, 0.05) is 18.1 Å². The molecule has 0 aliphatic carbocycles. The van der Waals surface area contributed by atoms with Gasteiger partial charge in [0.2, 0.25) is 4.80 Å². The first-order valence-corrected chi connectivity index (χ1v) is 9.58. The Labute approximate surface area is 160 Å². The van der Waals surface area contributed by atoms with Gasteiger partial charge in [-0.25, -0.2) is 10.4 Å². The van der Waals surface area contributed by atoms with Crippen LogP contribution in [0.15, 0.2) is 65.2 Å². The van der Waals surface area contributed by atoms with Crippen LogP contribution < -0.4 is 10.2 Å². The van der Waals surface area contributed by atoms with Gasteiger partial charge in [-0.05, 0) is 31.5 Å². The van der Waals surface area contributed by atoms with E-state index in [-0.39, 0.29) is 5.91 Å². The van der Waals surface area contributed by atoms with Crippen LogP contribution in [0.5, 0.6) is 0 Å². The quantitative estimate of drug-likeness (QED) is 0.554. The Bertz CT molecular complexity index is 1170. The summed E-state index contributed by atoms with van der Waals surface area (Å²) in [4.78, 5) is 17.9. The minimum atomic E-state index is -0.275. The summed E-state index contributed by atoms with van der Waals surface area (Å²) in [6, 6.07) is 15.8. The van der Waals surface area contributed by atoms with Crippen molar-refractivity contribution in [3.63, 3.8) is 0 Å². The number of amides is 1. The van der Waals surface area contributed by atoms with Gasteiger partial charge in [-0.2, -0.15) is 0 Å². The molecule has 3 aromatic heterocycles. The van der Waals surface area contributed by atoms with Crippen molar-refractivity contribution < 1.29 is 4.79 Å². The molecule has 0 aliphatic rings. The van der Waals surface area contributed by atoms with Gasteiger partial charge in [0.1, 0.15) is 11.3 Å². The molecule has 0 radical (unpaired) electrons. The molecule has 0 saturated heterocycles. The summed E-state index contributed by atoms with van der Waals surface area (Å²) in [5, 5.41) is 6.43. The average molecular weight is 377 g/mol. The Hall–Kier alpha value is -3.19. The van der Waals surface area contributed by atoms with Gasteiger partial charge in [0.25, 0.3) is 5.91 Å². The highest BCUT2D eigenvalue weighted by molar-refractivity contribution is 7.07. The third-order valence-corrected chi connectivity index (χ3v) is 5.22. The molecule has 4 rings (SSSR count). The van der Waals surface area contributed by atoms with Crippen molar-refractivity contribution in [2.24, 2.45) is 5.10 Å². The lowest BCUT2D eigenvalue weighted by Crippen LogP contribution is -2.25. The van der Waals surface area contributed by atoms with E-state index in [0.29, 0.717) is 11.4 Å². The topological polar surface area (TPSA) is 63.7 Å². The summed E-state index contributed by atoms with van der Waals surface area (Å²) in [5.41, 5.74) is 6.81. The minimum absolute atomic E-state index is 0.275. The third-order valence-electron chi connectivity index (χ3n) is 4.36. The largest absolute Gasteiger partial charge is 0.315 e. The van der Waals surface area contributed by atoms with Crippen molar-refractivity contribution in [1.29, 1.82) is 0 Å². The van der Waals surface area contributed by atoms with Gasteiger partial charge in [0.15, 0.2) is 0 Å². The number of nitrogens with one attached hydrogen (secondary N) is 1. The Morgan fingerprint density at radius 1 is 1.19 bits per heavy atom. The maximum atomic E-state index is 12.7. The molecule has 6 nitrogen and oxygen atoms in total. The number of rotatable bonds is 4. The summed E-state index contributed by atoms with van der Waals surface area (Å²) in [6.45, 7) is 4.65. The molecule has 0 atom stereocenters. The lowest BCUT2D eigenvalue weighted by Gasteiger charge is -2.06. The van der Waals surface area contributed by atoms with E-state index >= 15 is 0 Å². The summed E-state index contributed by atoms with van der Waals surface area (Å²) in [5.74, 6) is -0.275. The van der Waals surface area contributed by atoms with E-state index in [1.807, 2.05) is 49.5 Å². The van der Waals surface area contributed by atoms with E-state index < -0.39 is 0 Å². The normalized spacial score (nSPS) is 11.9. The summed E-state index contributed by atoms with van der Waals surface area (Å²) in [6.07, 6.45) is 1.83. The fourth-order valence-corrected chi connectivity index (χ4v) is 4.04. The smallest absolute Gasteiger partial charge is 0.290 e. The number of fused-ring (bicyclic) bond motifs is 1. The molecule has 4 aromatic rings.